The number of esters is 1. The fraction of sp³-hybridized carbons (Fsp3) is 0.227. The second-order valence-corrected chi connectivity index (χ2v) is 6.22. The van der Waals surface area contributed by atoms with Gasteiger partial charge in [-0.3, -0.25) is 0 Å². The summed E-state index contributed by atoms with van der Waals surface area (Å²) in [6, 6.07) is 17.2. The number of rotatable bonds is 7. The zero-order valence-electron chi connectivity index (χ0n) is 16.3. The van der Waals surface area contributed by atoms with E-state index < -0.39 is 0 Å². The molecule has 0 fully saturated rings. The number of nitrogens with zero attached hydrogens (tertiary/aromatic N) is 3. The minimum absolute atomic E-state index is 0.326. The van der Waals surface area contributed by atoms with Gasteiger partial charge in [-0.1, -0.05) is 24.3 Å². The molecule has 0 atom stereocenters. The van der Waals surface area contributed by atoms with Gasteiger partial charge in [0, 0.05) is 18.4 Å². The fourth-order valence-electron chi connectivity index (χ4n) is 2.90. The van der Waals surface area contributed by atoms with Gasteiger partial charge in [-0.05, 0) is 56.7 Å². The van der Waals surface area contributed by atoms with E-state index in [9.17, 15) is 4.79 Å². The molecular formula is C22H24N4O2. The van der Waals surface area contributed by atoms with E-state index in [1.54, 1.807) is 31.3 Å². The lowest BCUT2D eigenvalue weighted by Crippen LogP contribution is -2.19. The molecule has 3 rings (SSSR count). The second kappa shape index (κ2) is 8.99. The molecule has 0 amide bonds. The lowest BCUT2D eigenvalue weighted by molar-refractivity contribution is 0.0527. The molecule has 6 nitrogen and oxygen atoms in total. The number of benzene rings is 2. The van der Waals surface area contributed by atoms with E-state index in [2.05, 4.69) is 41.3 Å². The van der Waals surface area contributed by atoms with Crippen molar-refractivity contribution < 1.29 is 9.53 Å². The maximum Gasteiger partial charge on any atom is 0.340 e. The van der Waals surface area contributed by atoms with Crippen molar-refractivity contribution in [3.05, 3.63) is 71.9 Å². The molecule has 0 spiro atoms. The monoisotopic (exact) mass is 376 g/mol. The van der Waals surface area contributed by atoms with Crippen molar-refractivity contribution in [2.45, 2.75) is 20.8 Å². The first-order valence-corrected chi connectivity index (χ1v) is 9.32. The van der Waals surface area contributed by atoms with Crippen molar-refractivity contribution in [2.75, 3.05) is 23.4 Å². The van der Waals surface area contributed by atoms with Gasteiger partial charge in [0.1, 0.15) is 5.82 Å². The molecule has 0 radical (unpaired) electrons. The number of anilines is 4. The summed E-state index contributed by atoms with van der Waals surface area (Å²) in [5, 5.41) is 3.22. The minimum atomic E-state index is -0.366. The number of para-hydroxylation sites is 1. The highest BCUT2D eigenvalue weighted by molar-refractivity contribution is 5.96. The van der Waals surface area contributed by atoms with Crippen molar-refractivity contribution >= 4 is 29.1 Å². The molecule has 1 N–H and O–H groups in total. The molecule has 1 heterocycles. The number of carbonyl (C=O) groups excluding carboxylic acids is 1. The molecule has 3 aromatic rings. The van der Waals surface area contributed by atoms with Crippen LogP contribution in [0.4, 0.5) is 23.1 Å². The Kier molecular flexibility index (Phi) is 6.22. The molecule has 6 heteroatoms. The number of aromatic nitrogens is 2. The summed E-state index contributed by atoms with van der Waals surface area (Å²) in [7, 11) is 0. The van der Waals surface area contributed by atoms with Crippen LogP contribution in [-0.2, 0) is 4.74 Å². The molecule has 144 valence electrons. The topological polar surface area (TPSA) is 67.3 Å². The predicted octanol–water partition coefficient (Wildman–Crippen LogP) is 4.86. The van der Waals surface area contributed by atoms with Crippen LogP contribution in [0.3, 0.4) is 0 Å². The zero-order chi connectivity index (χ0) is 19.9. The van der Waals surface area contributed by atoms with E-state index in [1.165, 1.54) is 5.56 Å². The van der Waals surface area contributed by atoms with Crippen molar-refractivity contribution in [2.24, 2.45) is 0 Å². The molecule has 0 aliphatic heterocycles. The van der Waals surface area contributed by atoms with Crippen LogP contribution in [0.15, 0.2) is 60.8 Å². The second-order valence-electron chi connectivity index (χ2n) is 6.22. The van der Waals surface area contributed by atoms with Crippen molar-refractivity contribution in [1.29, 1.82) is 0 Å². The van der Waals surface area contributed by atoms with Crippen LogP contribution >= 0.6 is 0 Å². The van der Waals surface area contributed by atoms with Crippen LogP contribution in [0, 0.1) is 6.92 Å². The molecule has 28 heavy (non-hydrogen) atoms. The zero-order valence-corrected chi connectivity index (χ0v) is 16.3. The highest BCUT2D eigenvalue weighted by Crippen LogP contribution is 2.25. The van der Waals surface area contributed by atoms with E-state index in [0.29, 0.717) is 29.6 Å². The average molecular weight is 376 g/mol. The van der Waals surface area contributed by atoms with Gasteiger partial charge >= 0.3 is 5.97 Å². The molecule has 0 aliphatic carbocycles. The van der Waals surface area contributed by atoms with Gasteiger partial charge in [0.25, 0.3) is 0 Å². The van der Waals surface area contributed by atoms with E-state index in [0.717, 1.165) is 12.2 Å². The third kappa shape index (κ3) is 4.46. The maximum absolute atomic E-state index is 12.2. The largest absolute Gasteiger partial charge is 0.462 e. The molecule has 0 aliphatic rings. The standard InChI is InChI=1S/C22H24N4O2/c1-4-26(17-10-8-9-16(3)15-17)22-23-14-13-20(25-22)24-19-12-7-6-11-18(19)21(27)28-5-2/h6-15H,4-5H2,1-3H3,(H,23,24,25). The third-order valence-electron chi connectivity index (χ3n) is 4.20. The van der Waals surface area contributed by atoms with Gasteiger partial charge in [-0.25, -0.2) is 9.78 Å². The van der Waals surface area contributed by atoms with Crippen LogP contribution in [0.1, 0.15) is 29.8 Å². The number of hydrogen-bond donors (Lipinski definition) is 1. The highest BCUT2D eigenvalue weighted by Gasteiger charge is 2.14. The first-order chi connectivity index (χ1) is 13.6. The molecule has 2 aromatic carbocycles. The molecule has 0 unspecified atom stereocenters. The first-order valence-electron chi connectivity index (χ1n) is 9.32. The van der Waals surface area contributed by atoms with Crippen LogP contribution in [0.2, 0.25) is 0 Å². The van der Waals surface area contributed by atoms with Crippen LogP contribution in [-0.4, -0.2) is 29.1 Å². The molecule has 0 saturated carbocycles. The van der Waals surface area contributed by atoms with Gasteiger partial charge in [-0.2, -0.15) is 4.98 Å². The van der Waals surface area contributed by atoms with Crippen LogP contribution < -0.4 is 10.2 Å². The van der Waals surface area contributed by atoms with Gasteiger partial charge in [-0.15, -0.1) is 0 Å². The lowest BCUT2D eigenvalue weighted by atomic mass is 10.2. The van der Waals surface area contributed by atoms with E-state index in [-0.39, 0.29) is 5.97 Å². The smallest absolute Gasteiger partial charge is 0.340 e. The fourth-order valence-corrected chi connectivity index (χ4v) is 2.90. The summed E-state index contributed by atoms with van der Waals surface area (Å²) in [6.45, 7) is 6.96. The normalized spacial score (nSPS) is 10.4. The Balaban J connectivity index is 1.89. The third-order valence-corrected chi connectivity index (χ3v) is 4.20. The maximum atomic E-state index is 12.2. The summed E-state index contributed by atoms with van der Waals surface area (Å²) in [4.78, 5) is 23.3. The summed E-state index contributed by atoms with van der Waals surface area (Å²) in [6.07, 6.45) is 1.70. The quantitative estimate of drug-likeness (QED) is 0.594. The van der Waals surface area contributed by atoms with Crippen molar-refractivity contribution in [3.63, 3.8) is 0 Å². The van der Waals surface area contributed by atoms with Gasteiger partial charge in [0.2, 0.25) is 5.95 Å². The Labute approximate surface area is 165 Å². The highest BCUT2D eigenvalue weighted by atomic mass is 16.5. The number of ether oxygens (including phenoxy) is 1. The number of aryl methyl sites for hydroxylation is 1. The SMILES string of the molecule is CCOC(=O)c1ccccc1Nc1ccnc(N(CC)c2cccc(C)c2)n1. The molecular weight excluding hydrogens is 352 g/mol. The van der Waals surface area contributed by atoms with Crippen molar-refractivity contribution in [1.82, 2.24) is 9.97 Å². The molecule has 1 aromatic heterocycles. The first kappa shape index (κ1) is 19.4. The molecule has 0 bridgehead atoms. The van der Waals surface area contributed by atoms with Crippen molar-refractivity contribution in [3.8, 4) is 0 Å². The molecule has 0 saturated heterocycles. The van der Waals surface area contributed by atoms with Gasteiger partial charge < -0.3 is 15.0 Å². The Hall–Kier alpha value is -3.41. The average Bonchev–Trinajstić information content (AvgIpc) is 2.70. The number of hydrogen-bond acceptors (Lipinski definition) is 6. The Bertz CT molecular complexity index is 959. The summed E-state index contributed by atoms with van der Waals surface area (Å²) in [5.74, 6) is 0.828. The Morgan fingerprint density at radius 3 is 2.68 bits per heavy atom. The number of nitrogens with one attached hydrogen (secondary N) is 1. The van der Waals surface area contributed by atoms with E-state index in [1.807, 2.05) is 29.2 Å². The Morgan fingerprint density at radius 2 is 1.93 bits per heavy atom. The van der Waals surface area contributed by atoms with Crippen LogP contribution in [0.5, 0.6) is 0 Å². The summed E-state index contributed by atoms with van der Waals surface area (Å²) < 4.78 is 5.13. The summed E-state index contributed by atoms with van der Waals surface area (Å²) in [5.41, 5.74) is 3.32. The Morgan fingerprint density at radius 1 is 1.11 bits per heavy atom. The van der Waals surface area contributed by atoms with Crippen LogP contribution in [0.25, 0.3) is 0 Å². The summed E-state index contributed by atoms with van der Waals surface area (Å²) >= 11 is 0. The number of carbonyl (C=O) groups is 1. The predicted molar refractivity (Wildman–Crippen MR) is 112 cm³/mol. The van der Waals surface area contributed by atoms with Gasteiger partial charge in [0.05, 0.1) is 17.9 Å². The minimum Gasteiger partial charge on any atom is -0.462 e. The lowest BCUT2D eigenvalue weighted by Gasteiger charge is -2.22. The van der Waals surface area contributed by atoms with Gasteiger partial charge in [0.15, 0.2) is 0 Å². The van der Waals surface area contributed by atoms with E-state index >= 15 is 0 Å². The van der Waals surface area contributed by atoms with E-state index in [4.69, 9.17) is 4.74 Å².